The van der Waals surface area contributed by atoms with Gasteiger partial charge < -0.3 is 10.0 Å². The maximum absolute atomic E-state index is 12.9. The van der Waals surface area contributed by atoms with E-state index in [1.807, 2.05) is 0 Å². The standard InChI is InChI=1S/C10H16F2N2O2/c11-10(12)2-4-13(7-10)3-1-8-5-14(6-8)9(15)16/h8H,1-7H2,(H,15,16). The summed E-state index contributed by atoms with van der Waals surface area (Å²) in [5, 5.41) is 8.62. The monoisotopic (exact) mass is 234 g/mol. The van der Waals surface area contributed by atoms with Crippen molar-refractivity contribution in [3.8, 4) is 0 Å². The highest BCUT2D eigenvalue weighted by Crippen LogP contribution is 2.28. The molecule has 0 spiro atoms. The van der Waals surface area contributed by atoms with Gasteiger partial charge in [0.15, 0.2) is 0 Å². The summed E-state index contributed by atoms with van der Waals surface area (Å²) in [5.41, 5.74) is 0. The molecule has 0 saturated carbocycles. The van der Waals surface area contributed by atoms with Crippen molar-refractivity contribution >= 4 is 6.09 Å². The van der Waals surface area contributed by atoms with Gasteiger partial charge in [-0.1, -0.05) is 0 Å². The highest BCUT2D eigenvalue weighted by atomic mass is 19.3. The van der Waals surface area contributed by atoms with Crippen LogP contribution in [0.5, 0.6) is 0 Å². The third kappa shape index (κ3) is 2.61. The fourth-order valence-electron chi connectivity index (χ4n) is 2.27. The molecule has 1 N–H and O–H groups in total. The van der Waals surface area contributed by atoms with Crippen LogP contribution in [0.3, 0.4) is 0 Å². The van der Waals surface area contributed by atoms with E-state index in [1.165, 1.54) is 4.90 Å². The Labute approximate surface area is 92.8 Å². The predicted molar refractivity (Wildman–Crippen MR) is 53.7 cm³/mol. The summed E-state index contributed by atoms with van der Waals surface area (Å²) in [7, 11) is 0. The summed E-state index contributed by atoms with van der Waals surface area (Å²) < 4.78 is 25.7. The molecule has 2 aliphatic heterocycles. The molecule has 0 aliphatic carbocycles. The van der Waals surface area contributed by atoms with Gasteiger partial charge in [0.25, 0.3) is 5.92 Å². The highest BCUT2D eigenvalue weighted by Gasteiger charge is 2.38. The first-order chi connectivity index (χ1) is 7.46. The average Bonchev–Trinajstić information content (AvgIpc) is 2.42. The zero-order valence-electron chi connectivity index (χ0n) is 9.03. The number of rotatable bonds is 3. The van der Waals surface area contributed by atoms with Crippen molar-refractivity contribution in [2.45, 2.75) is 18.8 Å². The maximum atomic E-state index is 12.9. The molecule has 2 fully saturated rings. The predicted octanol–water partition coefficient (Wildman–Crippen LogP) is 1.33. The smallest absolute Gasteiger partial charge is 0.407 e. The summed E-state index contributed by atoms with van der Waals surface area (Å²) >= 11 is 0. The second kappa shape index (κ2) is 4.16. The molecule has 0 bridgehead atoms. The molecule has 2 aliphatic rings. The van der Waals surface area contributed by atoms with Crippen LogP contribution in [-0.4, -0.2) is 59.6 Å². The Balaban J connectivity index is 1.62. The van der Waals surface area contributed by atoms with Gasteiger partial charge in [-0.05, 0) is 18.9 Å². The molecule has 4 nitrogen and oxygen atoms in total. The van der Waals surface area contributed by atoms with E-state index in [0.29, 0.717) is 32.1 Å². The van der Waals surface area contributed by atoms with Crippen LogP contribution in [0.1, 0.15) is 12.8 Å². The summed E-state index contributed by atoms with van der Waals surface area (Å²) in [5.74, 6) is -2.17. The van der Waals surface area contributed by atoms with Crippen molar-refractivity contribution in [3.05, 3.63) is 0 Å². The topological polar surface area (TPSA) is 43.8 Å². The zero-order chi connectivity index (χ0) is 11.8. The first kappa shape index (κ1) is 11.6. The highest BCUT2D eigenvalue weighted by molar-refractivity contribution is 5.65. The third-order valence-electron chi connectivity index (χ3n) is 3.33. The molecule has 0 radical (unpaired) electrons. The molecule has 2 heterocycles. The second-order valence-electron chi connectivity index (χ2n) is 4.72. The van der Waals surface area contributed by atoms with Crippen molar-refractivity contribution < 1.29 is 18.7 Å². The lowest BCUT2D eigenvalue weighted by molar-refractivity contribution is 0.0106. The van der Waals surface area contributed by atoms with Crippen LogP contribution < -0.4 is 0 Å². The molecule has 0 aromatic rings. The Morgan fingerprint density at radius 1 is 1.44 bits per heavy atom. The normalized spacial score (nSPS) is 25.8. The lowest BCUT2D eigenvalue weighted by Crippen LogP contribution is -2.50. The average molecular weight is 234 g/mol. The van der Waals surface area contributed by atoms with E-state index in [-0.39, 0.29) is 13.0 Å². The molecule has 0 aromatic heterocycles. The zero-order valence-corrected chi connectivity index (χ0v) is 9.03. The molecule has 0 atom stereocenters. The largest absolute Gasteiger partial charge is 0.465 e. The van der Waals surface area contributed by atoms with E-state index >= 15 is 0 Å². The fourth-order valence-corrected chi connectivity index (χ4v) is 2.27. The van der Waals surface area contributed by atoms with Crippen LogP contribution in [0, 0.1) is 5.92 Å². The van der Waals surface area contributed by atoms with Crippen LogP contribution in [0.4, 0.5) is 13.6 Å². The van der Waals surface area contributed by atoms with Crippen molar-refractivity contribution in [1.29, 1.82) is 0 Å². The lowest BCUT2D eigenvalue weighted by atomic mass is 9.97. The number of amides is 1. The summed E-state index contributed by atoms with van der Waals surface area (Å²) in [6.07, 6.45) is -0.109. The van der Waals surface area contributed by atoms with E-state index < -0.39 is 12.0 Å². The Morgan fingerprint density at radius 3 is 2.62 bits per heavy atom. The van der Waals surface area contributed by atoms with Crippen LogP contribution in [0.2, 0.25) is 0 Å². The number of carbonyl (C=O) groups is 1. The number of alkyl halides is 2. The molecule has 16 heavy (non-hydrogen) atoms. The number of carboxylic acid groups (broad SMARTS) is 1. The van der Waals surface area contributed by atoms with Gasteiger partial charge in [-0.2, -0.15) is 0 Å². The van der Waals surface area contributed by atoms with Crippen molar-refractivity contribution in [1.82, 2.24) is 9.80 Å². The van der Waals surface area contributed by atoms with Gasteiger partial charge in [0.1, 0.15) is 0 Å². The van der Waals surface area contributed by atoms with E-state index in [4.69, 9.17) is 5.11 Å². The Bertz CT molecular complexity index is 280. The quantitative estimate of drug-likeness (QED) is 0.801. The van der Waals surface area contributed by atoms with E-state index in [9.17, 15) is 13.6 Å². The minimum absolute atomic E-state index is 0.0427. The summed E-state index contributed by atoms with van der Waals surface area (Å²) in [4.78, 5) is 13.6. The molecule has 92 valence electrons. The Hall–Kier alpha value is -0.910. The first-order valence-corrected chi connectivity index (χ1v) is 5.54. The number of hydrogen-bond acceptors (Lipinski definition) is 2. The van der Waals surface area contributed by atoms with Gasteiger partial charge in [0.05, 0.1) is 6.54 Å². The van der Waals surface area contributed by atoms with Crippen LogP contribution in [-0.2, 0) is 0 Å². The number of halogens is 2. The molecule has 2 rings (SSSR count). The first-order valence-electron chi connectivity index (χ1n) is 5.54. The minimum Gasteiger partial charge on any atom is -0.465 e. The van der Waals surface area contributed by atoms with E-state index in [1.54, 1.807) is 4.90 Å². The molecule has 0 aromatic carbocycles. The van der Waals surface area contributed by atoms with Crippen molar-refractivity contribution in [2.24, 2.45) is 5.92 Å². The number of hydrogen-bond donors (Lipinski definition) is 1. The minimum atomic E-state index is -2.52. The van der Waals surface area contributed by atoms with Gasteiger partial charge in [0.2, 0.25) is 0 Å². The molecule has 1 amide bonds. The molecule has 0 unspecified atom stereocenters. The van der Waals surface area contributed by atoms with Gasteiger partial charge >= 0.3 is 6.09 Å². The second-order valence-corrected chi connectivity index (χ2v) is 4.72. The van der Waals surface area contributed by atoms with Crippen molar-refractivity contribution in [2.75, 3.05) is 32.7 Å². The van der Waals surface area contributed by atoms with E-state index in [0.717, 1.165) is 6.42 Å². The number of likely N-dealkylation sites (tertiary alicyclic amines) is 2. The van der Waals surface area contributed by atoms with Gasteiger partial charge in [-0.25, -0.2) is 13.6 Å². The molecular formula is C10H16F2N2O2. The van der Waals surface area contributed by atoms with Crippen LogP contribution in [0.15, 0.2) is 0 Å². The fraction of sp³-hybridized carbons (Fsp3) is 0.900. The van der Waals surface area contributed by atoms with Gasteiger partial charge in [-0.3, -0.25) is 4.90 Å². The SMILES string of the molecule is O=C(O)N1CC(CCN2CCC(F)(F)C2)C1. The molecule has 2 saturated heterocycles. The van der Waals surface area contributed by atoms with E-state index in [2.05, 4.69) is 0 Å². The summed E-state index contributed by atoms with van der Waals surface area (Å²) in [6, 6.07) is 0. The Morgan fingerprint density at radius 2 is 2.12 bits per heavy atom. The summed E-state index contributed by atoms with van der Waals surface area (Å²) in [6.45, 7) is 2.09. The lowest BCUT2D eigenvalue weighted by Gasteiger charge is -2.37. The maximum Gasteiger partial charge on any atom is 0.407 e. The van der Waals surface area contributed by atoms with Crippen LogP contribution >= 0.6 is 0 Å². The molecule has 6 heteroatoms. The van der Waals surface area contributed by atoms with Gasteiger partial charge in [0, 0.05) is 26.1 Å². The third-order valence-corrected chi connectivity index (χ3v) is 3.33. The molecular weight excluding hydrogens is 218 g/mol. The van der Waals surface area contributed by atoms with Gasteiger partial charge in [-0.15, -0.1) is 0 Å². The van der Waals surface area contributed by atoms with Crippen LogP contribution in [0.25, 0.3) is 0 Å². The number of nitrogens with zero attached hydrogens (tertiary/aromatic N) is 2. The Kier molecular flexibility index (Phi) is 3.01. The van der Waals surface area contributed by atoms with Crippen molar-refractivity contribution in [3.63, 3.8) is 0 Å².